The quantitative estimate of drug-likeness (QED) is 0.611. The van der Waals surface area contributed by atoms with E-state index in [0.717, 1.165) is 44.9 Å². The van der Waals surface area contributed by atoms with Gasteiger partial charge in [-0.3, -0.25) is 14.3 Å². The van der Waals surface area contributed by atoms with Crippen LogP contribution in [0.1, 0.15) is 78.1 Å². The fourth-order valence-electron chi connectivity index (χ4n) is 4.72. The second-order valence-corrected chi connectivity index (χ2v) is 9.01. The Kier molecular flexibility index (Phi) is 7.38. The molecule has 0 aromatic carbocycles. The third kappa shape index (κ3) is 4.85. The summed E-state index contributed by atoms with van der Waals surface area (Å²) < 4.78 is 1.48. The molecule has 1 heterocycles. The second kappa shape index (κ2) is 9.78. The molecule has 8 heteroatoms. The summed E-state index contributed by atoms with van der Waals surface area (Å²) in [5.74, 6) is 0.765. The van der Waals surface area contributed by atoms with E-state index >= 15 is 0 Å². The summed E-state index contributed by atoms with van der Waals surface area (Å²) in [5.41, 5.74) is 5.83. The molecule has 2 fully saturated rings. The van der Waals surface area contributed by atoms with Crippen LogP contribution in [0.2, 0.25) is 0 Å². The number of hydrogen-bond donors (Lipinski definition) is 3. The van der Waals surface area contributed by atoms with Crippen LogP contribution in [0.4, 0.5) is 11.5 Å². The molecule has 7 nitrogen and oxygen atoms in total. The van der Waals surface area contributed by atoms with Gasteiger partial charge in [0.2, 0.25) is 0 Å². The third-order valence-electron chi connectivity index (χ3n) is 6.52. The van der Waals surface area contributed by atoms with Crippen LogP contribution in [0.3, 0.4) is 0 Å². The summed E-state index contributed by atoms with van der Waals surface area (Å²) in [6.45, 7) is 4.80. The smallest absolute Gasteiger partial charge is 0.330 e. The maximum atomic E-state index is 12.9. The number of hydrogen-bond acceptors (Lipinski definition) is 4. The Balaban J connectivity index is 1.97. The van der Waals surface area contributed by atoms with Gasteiger partial charge in [0.05, 0.1) is 0 Å². The number of rotatable bonds is 6. The number of aromatic amines is 1. The van der Waals surface area contributed by atoms with Gasteiger partial charge in [0.15, 0.2) is 10.8 Å². The minimum Gasteiger partial charge on any atom is -0.383 e. The van der Waals surface area contributed by atoms with Crippen molar-refractivity contribution >= 4 is 28.8 Å². The van der Waals surface area contributed by atoms with Crippen LogP contribution in [0.25, 0.3) is 0 Å². The van der Waals surface area contributed by atoms with E-state index in [4.69, 9.17) is 18.0 Å². The predicted molar refractivity (Wildman–Crippen MR) is 123 cm³/mol. The van der Waals surface area contributed by atoms with Crippen LogP contribution in [0.5, 0.6) is 0 Å². The van der Waals surface area contributed by atoms with Crippen molar-refractivity contribution in [1.29, 1.82) is 0 Å². The van der Waals surface area contributed by atoms with Crippen molar-refractivity contribution < 1.29 is 0 Å². The van der Waals surface area contributed by atoms with E-state index in [2.05, 4.69) is 24.1 Å². The minimum atomic E-state index is -0.451. The summed E-state index contributed by atoms with van der Waals surface area (Å²) in [7, 11) is 0. The molecule has 0 unspecified atom stereocenters. The van der Waals surface area contributed by atoms with Gasteiger partial charge < -0.3 is 16.0 Å². The average Bonchev–Trinajstić information content (AvgIpc) is 3.20. The van der Waals surface area contributed by atoms with Crippen LogP contribution in [-0.2, 0) is 6.54 Å². The number of nitrogen functional groups attached to an aromatic ring is 1. The number of anilines is 2. The highest BCUT2D eigenvalue weighted by Crippen LogP contribution is 2.30. The van der Waals surface area contributed by atoms with Crippen LogP contribution in [0, 0.1) is 5.92 Å². The van der Waals surface area contributed by atoms with E-state index in [1.165, 1.54) is 23.8 Å². The lowest BCUT2D eigenvalue weighted by molar-refractivity contribution is 0.308. The van der Waals surface area contributed by atoms with E-state index in [9.17, 15) is 9.59 Å². The molecule has 0 bridgehead atoms. The molecule has 162 valence electrons. The van der Waals surface area contributed by atoms with Crippen molar-refractivity contribution in [3.8, 4) is 0 Å². The van der Waals surface area contributed by atoms with E-state index in [1.807, 2.05) is 4.90 Å². The lowest BCUT2D eigenvalue weighted by Crippen LogP contribution is -2.53. The molecule has 3 rings (SSSR count). The summed E-state index contributed by atoms with van der Waals surface area (Å²) in [4.78, 5) is 29.6. The van der Waals surface area contributed by atoms with Gasteiger partial charge in [-0.2, -0.15) is 0 Å². The molecular weight excluding hydrogens is 386 g/mol. The zero-order chi connectivity index (χ0) is 21.0. The molecule has 0 amide bonds. The first-order valence-corrected chi connectivity index (χ1v) is 11.6. The van der Waals surface area contributed by atoms with Gasteiger partial charge in [0, 0.05) is 18.6 Å². The summed E-state index contributed by atoms with van der Waals surface area (Å²) in [6, 6.07) is 0.445. The van der Waals surface area contributed by atoms with Gasteiger partial charge in [0.1, 0.15) is 5.82 Å². The highest BCUT2D eigenvalue weighted by atomic mass is 32.1. The average molecular weight is 422 g/mol. The molecule has 2 aliphatic rings. The fourth-order valence-corrected chi connectivity index (χ4v) is 5.11. The number of H-pyrrole nitrogens is 1. The summed E-state index contributed by atoms with van der Waals surface area (Å²) in [5, 5.41) is 4.10. The Labute approximate surface area is 178 Å². The highest BCUT2D eigenvalue weighted by molar-refractivity contribution is 7.80. The van der Waals surface area contributed by atoms with Crippen molar-refractivity contribution in [3.63, 3.8) is 0 Å². The van der Waals surface area contributed by atoms with E-state index < -0.39 is 11.2 Å². The van der Waals surface area contributed by atoms with Crippen LogP contribution in [-0.4, -0.2) is 26.7 Å². The van der Waals surface area contributed by atoms with E-state index in [1.54, 1.807) is 0 Å². The standard InChI is InChI=1S/C21H35N5O2S/c1-3-4-13-25-18(22)17(19(27)24-20(25)28)26(15-10-6-7-11-15)21(29)23-16-12-8-5-9-14(16)2/h14-16H,3-13,22H2,1-2H3,(H,23,29)(H,24,27,28)/t14-,16+/m1/s1. The number of unbranched alkanes of at least 4 members (excludes halogenated alkanes) is 1. The molecule has 0 saturated heterocycles. The molecule has 0 radical (unpaired) electrons. The molecule has 2 atom stereocenters. The second-order valence-electron chi connectivity index (χ2n) is 8.62. The maximum absolute atomic E-state index is 12.9. The Bertz CT molecular complexity index is 827. The molecule has 0 spiro atoms. The monoisotopic (exact) mass is 421 g/mol. The maximum Gasteiger partial charge on any atom is 0.330 e. The van der Waals surface area contributed by atoms with Crippen LogP contribution < -0.4 is 27.2 Å². The number of nitrogens with one attached hydrogen (secondary N) is 2. The van der Waals surface area contributed by atoms with Gasteiger partial charge in [-0.05, 0) is 50.2 Å². The molecule has 1 aromatic heterocycles. The first-order valence-electron chi connectivity index (χ1n) is 11.2. The van der Waals surface area contributed by atoms with Crippen molar-refractivity contribution in [2.75, 3.05) is 10.6 Å². The van der Waals surface area contributed by atoms with Gasteiger partial charge in [-0.15, -0.1) is 0 Å². The number of nitrogens with two attached hydrogens (primary N) is 1. The van der Waals surface area contributed by atoms with Gasteiger partial charge >= 0.3 is 5.69 Å². The largest absolute Gasteiger partial charge is 0.383 e. The normalized spacial score (nSPS) is 22.6. The van der Waals surface area contributed by atoms with Crippen LogP contribution in [0.15, 0.2) is 9.59 Å². The highest BCUT2D eigenvalue weighted by Gasteiger charge is 2.32. The fraction of sp³-hybridized carbons (Fsp3) is 0.762. The van der Waals surface area contributed by atoms with Gasteiger partial charge in [-0.1, -0.05) is 46.0 Å². The molecular formula is C21H35N5O2S. The van der Waals surface area contributed by atoms with Crippen LogP contribution >= 0.6 is 12.2 Å². The Morgan fingerprint density at radius 2 is 1.86 bits per heavy atom. The first kappa shape index (κ1) is 21.9. The predicted octanol–water partition coefficient (Wildman–Crippen LogP) is 3.12. The molecule has 2 saturated carbocycles. The van der Waals surface area contributed by atoms with Crippen molar-refractivity contribution in [2.24, 2.45) is 5.92 Å². The molecule has 29 heavy (non-hydrogen) atoms. The molecule has 1 aromatic rings. The first-order chi connectivity index (χ1) is 13.9. The lowest BCUT2D eigenvalue weighted by atomic mass is 9.86. The zero-order valence-corrected chi connectivity index (χ0v) is 18.5. The number of nitrogens with zero attached hydrogens (tertiary/aromatic N) is 2. The van der Waals surface area contributed by atoms with Crippen molar-refractivity contribution in [1.82, 2.24) is 14.9 Å². The van der Waals surface area contributed by atoms with Gasteiger partial charge in [0.25, 0.3) is 5.56 Å². The van der Waals surface area contributed by atoms with Crippen molar-refractivity contribution in [3.05, 3.63) is 20.8 Å². The lowest BCUT2D eigenvalue weighted by Gasteiger charge is -2.37. The minimum absolute atomic E-state index is 0.134. The molecule has 2 aliphatic carbocycles. The van der Waals surface area contributed by atoms with Crippen molar-refractivity contribution in [2.45, 2.75) is 96.7 Å². The Morgan fingerprint density at radius 1 is 1.21 bits per heavy atom. The Hall–Kier alpha value is -1.83. The topological polar surface area (TPSA) is 96.2 Å². The number of thiocarbonyl (C=S) groups is 1. The Morgan fingerprint density at radius 3 is 2.52 bits per heavy atom. The van der Waals surface area contributed by atoms with E-state index in [-0.39, 0.29) is 11.9 Å². The SMILES string of the molecule is CCCCn1c(N)c(N(C(=S)N[C@H]2CCCC[C@H]2C)C2CCCC2)c(=O)[nH]c1=O. The third-order valence-corrected chi connectivity index (χ3v) is 6.83. The van der Waals surface area contributed by atoms with E-state index in [0.29, 0.717) is 29.3 Å². The zero-order valence-electron chi connectivity index (χ0n) is 17.7. The van der Waals surface area contributed by atoms with Gasteiger partial charge in [-0.25, -0.2) is 4.79 Å². The summed E-state index contributed by atoms with van der Waals surface area (Å²) >= 11 is 5.83. The molecule has 0 aliphatic heterocycles. The number of aromatic nitrogens is 2. The summed E-state index contributed by atoms with van der Waals surface area (Å²) in [6.07, 6.45) is 10.6. The molecule has 4 N–H and O–H groups in total.